The Labute approximate surface area is 276 Å². The largest absolute Gasteiger partial charge is 0.472 e. The van der Waals surface area contributed by atoms with Gasteiger partial charge in [-0.1, -0.05) is 135 Å². The molecule has 268 valence electrons. The minimum absolute atomic E-state index is 0.0589. The normalized spacial score (nSPS) is 15.2. The molecule has 4 atom stereocenters. The number of hydrogen-bond donors (Lipinski definition) is 5. The standard InChI is InChI=1S/C35H71N2O7P/c1-3-5-7-9-11-13-15-16-17-19-21-23-25-27-34(39)33(31-44-45(41,42)43-29-28-36)37-35(40)30-32(38)26-24-22-20-18-14-12-10-8-6-4-2/h12,14,32-34,38-39H,3-11,13,15-31,36H2,1-2H3,(H,37,40)(H,41,42)/b14-12-. The maximum atomic E-state index is 12.7. The highest BCUT2D eigenvalue weighted by Gasteiger charge is 2.28. The third-order valence-electron chi connectivity index (χ3n) is 8.17. The van der Waals surface area contributed by atoms with Crippen molar-refractivity contribution in [3.63, 3.8) is 0 Å². The van der Waals surface area contributed by atoms with Crippen LogP contribution in [0.4, 0.5) is 0 Å². The van der Waals surface area contributed by atoms with E-state index in [1.54, 1.807) is 0 Å². The molecule has 1 amide bonds. The van der Waals surface area contributed by atoms with E-state index in [9.17, 15) is 24.5 Å². The van der Waals surface area contributed by atoms with Gasteiger partial charge in [0.25, 0.3) is 0 Å². The van der Waals surface area contributed by atoms with Crippen LogP contribution < -0.4 is 11.1 Å². The smallest absolute Gasteiger partial charge is 0.393 e. The van der Waals surface area contributed by atoms with Crippen LogP contribution in [-0.4, -0.2) is 59.0 Å². The summed E-state index contributed by atoms with van der Waals surface area (Å²) in [7, 11) is -4.36. The van der Waals surface area contributed by atoms with Gasteiger partial charge in [-0.25, -0.2) is 4.57 Å². The van der Waals surface area contributed by atoms with Crippen LogP contribution in [-0.2, 0) is 18.4 Å². The van der Waals surface area contributed by atoms with Gasteiger partial charge in [0, 0.05) is 6.54 Å². The number of carbonyl (C=O) groups excluding carboxylic acids is 1. The number of hydrogen-bond acceptors (Lipinski definition) is 7. The molecule has 0 saturated carbocycles. The Morgan fingerprint density at radius 3 is 1.76 bits per heavy atom. The van der Waals surface area contributed by atoms with E-state index < -0.39 is 32.0 Å². The number of aliphatic hydroxyl groups excluding tert-OH is 2. The van der Waals surface area contributed by atoms with Gasteiger partial charge in [-0.05, 0) is 38.5 Å². The zero-order valence-electron chi connectivity index (χ0n) is 29.0. The van der Waals surface area contributed by atoms with E-state index in [0.717, 1.165) is 51.4 Å². The zero-order chi connectivity index (χ0) is 33.4. The third kappa shape index (κ3) is 30.3. The predicted octanol–water partition coefficient (Wildman–Crippen LogP) is 8.24. The highest BCUT2D eigenvalue weighted by atomic mass is 31.2. The van der Waals surface area contributed by atoms with E-state index in [2.05, 4.69) is 31.3 Å². The first kappa shape index (κ1) is 44.2. The topological polar surface area (TPSA) is 151 Å². The minimum Gasteiger partial charge on any atom is -0.393 e. The van der Waals surface area contributed by atoms with Gasteiger partial charge in [-0.2, -0.15) is 0 Å². The van der Waals surface area contributed by atoms with Crippen molar-refractivity contribution in [2.24, 2.45) is 5.73 Å². The molecule has 0 fully saturated rings. The Kier molecular flexibility index (Phi) is 31.2. The molecule has 0 aromatic rings. The fraction of sp³-hybridized carbons (Fsp3) is 0.914. The van der Waals surface area contributed by atoms with Crippen molar-refractivity contribution >= 4 is 13.7 Å². The maximum absolute atomic E-state index is 12.7. The summed E-state index contributed by atoms with van der Waals surface area (Å²) in [5.41, 5.74) is 5.34. The zero-order valence-corrected chi connectivity index (χ0v) is 29.9. The third-order valence-corrected chi connectivity index (χ3v) is 9.16. The first-order chi connectivity index (χ1) is 21.8. The average Bonchev–Trinajstić information content (AvgIpc) is 3.01. The van der Waals surface area contributed by atoms with Gasteiger partial charge >= 0.3 is 7.82 Å². The van der Waals surface area contributed by atoms with Crippen LogP contribution in [0.1, 0.15) is 168 Å². The molecule has 0 aliphatic rings. The van der Waals surface area contributed by atoms with E-state index >= 15 is 0 Å². The summed E-state index contributed by atoms with van der Waals surface area (Å²) in [4.78, 5) is 22.6. The van der Waals surface area contributed by atoms with Gasteiger partial charge in [0.05, 0.1) is 37.9 Å². The Hall–Kier alpha value is -0.800. The maximum Gasteiger partial charge on any atom is 0.472 e. The van der Waals surface area contributed by atoms with Gasteiger partial charge in [0.1, 0.15) is 0 Å². The van der Waals surface area contributed by atoms with E-state index in [-0.39, 0.29) is 26.2 Å². The summed E-state index contributed by atoms with van der Waals surface area (Å²) in [6.07, 6.45) is 28.3. The summed E-state index contributed by atoms with van der Waals surface area (Å²) < 4.78 is 22.0. The Morgan fingerprint density at radius 1 is 0.733 bits per heavy atom. The average molecular weight is 663 g/mol. The second-order valence-electron chi connectivity index (χ2n) is 12.6. The van der Waals surface area contributed by atoms with Crippen LogP contribution in [0.25, 0.3) is 0 Å². The van der Waals surface area contributed by atoms with Crippen LogP contribution >= 0.6 is 7.82 Å². The van der Waals surface area contributed by atoms with Crippen molar-refractivity contribution in [3.8, 4) is 0 Å². The molecule has 0 radical (unpaired) electrons. The van der Waals surface area contributed by atoms with Gasteiger partial charge in [0.15, 0.2) is 0 Å². The predicted molar refractivity (Wildman–Crippen MR) is 186 cm³/mol. The fourth-order valence-corrected chi connectivity index (χ4v) is 6.11. The molecule has 6 N–H and O–H groups in total. The van der Waals surface area contributed by atoms with Gasteiger partial charge in [-0.15, -0.1) is 0 Å². The first-order valence-electron chi connectivity index (χ1n) is 18.4. The molecule has 0 rings (SSSR count). The fourth-order valence-electron chi connectivity index (χ4n) is 5.35. The number of nitrogens with two attached hydrogens (primary N) is 1. The molecule has 10 heteroatoms. The van der Waals surface area contributed by atoms with Gasteiger partial charge in [-0.3, -0.25) is 13.8 Å². The molecular weight excluding hydrogens is 591 g/mol. The van der Waals surface area contributed by atoms with E-state index in [4.69, 9.17) is 14.8 Å². The molecular formula is C35H71N2O7P. The van der Waals surface area contributed by atoms with E-state index in [0.29, 0.717) is 12.8 Å². The summed E-state index contributed by atoms with van der Waals surface area (Å²) in [5.74, 6) is -0.425. The van der Waals surface area contributed by atoms with Crippen molar-refractivity contribution in [1.29, 1.82) is 0 Å². The molecule has 0 aliphatic carbocycles. The Bertz CT molecular complexity index is 741. The number of phosphoric ester groups is 1. The molecule has 0 bridgehead atoms. The number of allylic oxidation sites excluding steroid dienone is 2. The lowest BCUT2D eigenvalue weighted by atomic mass is 10.0. The summed E-state index contributed by atoms with van der Waals surface area (Å²) in [5, 5.41) is 24.0. The lowest BCUT2D eigenvalue weighted by Crippen LogP contribution is -2.47. The van der Waals surface area contributed by atoms with Crippen molar-refractivity contribution in [3.05, 3.63) is 12.2 Å². The monoisotopic (exact) mass is 662 g/mol. The molecule has 9 nitrogen and oxygen atoms in total. The lowest BCUT2D eigenvalue weighted by Gasteiger charge is -2.25. The van der Waals surface area contributed by atoms with Crippen LogP contribution in [0.2, 0.25) is 0 Å². The second kappa shape index (κ2) is 31.8. The van der Waals surface area contributed by atoms with E-state index in [1.165, 1.54) is 83.5 Å². The minimum atomic E-state index is -4.36. The molecule has 4 unspecified atom stereocenters. The van der Waals surface area contributed by atoms with Crippen molar-refractivity contribution in [2.45, 2.75) is 186 Å². The molecule has 0 spiro atoms. The molecule has 0 aromatic carbocycles. The molecule has 0 aliphatic heterocycles. The number of nitrogens with one attached hydrogen (secondary N) is 1. The van der Waals surface area contributed by atoms with Gasteiger partial charge < -0.3 is 26.2 Å². The molecule has 0 heterocycles. The lowest BCUT2D eigenvalue weighted by molar-refractivity contribution is -0.125. The van der Waals surface area contributed by atoms with Crippen molar-refractivity contribution < 1.29 is 33.5 Å². The second-order valence-corrected chi connectivity index (χ2v) is 14.1. The van der Waals surface area contributed by atoms with Crippen molar-refractivity contribution in [2.75, 3.05) is 19.8 Å². The number of rotatable bonds is 34. The highest BCUT2D eigenvalue weighted by Crippen LogP contribution is 2.43. The van der Waals surface area contributed by atoms with Crippen LogP contribution in [0, 0.1) is 0 Å². The number of unbranched alkanes of at least 4 members (excludes halogenated alkanes) is 18. The van der Waals surface area contributed by atoms with E-state index in [1.807, 2.05) is 0 Å². The number of amides is 1. The number of phosphoric acid groups is 1. The summed E-state index contributed by atoms with van der Waals surface area (Å²) in [6.45, 7) is 3.98. The summed E-state index contributed by atoms with van der Waals surface area (Å²) in [6, 6.07) is -0.895. The Morgan fingerprint density at radius 2 is 1.20 bits per heavy atom. The first-order valence-corrected chi connectivity index (χ1v) is 19.9. The number of carbonyl (C=O) groups is 1. The SMILES string of the molecule is CCCCC/C=C\CCCCCC(O)CC(=O)NC(COP(=O)(O)OCCN)C(O)CCCCCCCCCCCCCCC. The number of aliphatic hydroxyl groups is 2. The highest BCUT2D eigenvalue weighted by molar-refractivity contribution is 7.47. The van der Waals surface area contributed by atoms with Crippen LogP contribution in [0.5, 0.6) is 0 Å². The molecule has 45 heavy (non-hydrogen) atoms. The van der Waals surface area contributed by atoms with Crippen molar-refractivity contribution in [1.82, 2.24) is 5.32 Å². The quantitative estimate of drug-likeness (QED) is 0.0263. The van der Waals surface area contributed by atoms with Crippen LogP contribution in [0.15, 0.2) is 12.2 Å². The van der Waals surface area contributed by atoms with Crippen LogP contribution in [0.3, 0.4) is 0 Å². The van der Waals surface area contributed by atoms with Gasteiger partial charge in [0.2, 0.25) is 5.91 Å². The Balaban J connectivity index is 4.42. The summed E-state index contributed by atoms with van der Waals surface area (Å²) >= 11 is 0. The molecule has 0 aromatic heterocycles. The molecule has 0 saturated heterocycles.